The predicted molar refractivity (Wildman–Crippen MR) is 185 cm³/mol. The highest BCUT2D eigenvalue weighted by Gasteiger charge is 2.50. The van der Waals surface area contributed by atoms with Crippen molar-refractivity contribution in [1.82, 2.24) is 20.0 Å². The number of sulfone groups is 1. The standard InChI is InChI=1S/C35H44ClN7O3S/c1-25-20-32(43(39-25)15-12-26-8-6-5-7-9-26)42-23-28(22-30(42)33(44)38-35(24-37)13-14-35)47(45,46)31-11-10-27(21-29(31)36)40-16-18-41(19-17-40)34(2,3)4/h5-11,20-21,28,30H,12-19,22-23H2,1-4H3,(H,38,44)/t28-,30+/m1/s1. The van der Waals surface area contributed by atoms with Gasteiger partial charge < -0.3 is 15.1 Å². The van der Waals surface area contributed by atoms with E-state index < -0.39 is 26.7 Å². The molecule has 3 aromatic rings. The molecule has 1 amide bonds. The second kappa shape index (κ2) is 12.8. The molecule has 0 bridgehead atoms. The van der Waals surface area contributed by atoms with E-state index in [1.807, 2.05) is 46.8 Å². The van der Waals surface area contributed by atoms with Crippen molar-refractivity contribution in [2.45, 2.75) is 87.2 Å². The number of benzene rings is 2. The molecule has 2 aromatic carbocycles. The Morgan fingerprint density at radius 2 is 1.79 bits per heavy atom. The number of anilines is 2. The molecule has 47 heavy (non-hydrogen) atoms. The number of nitrogens with one attached hydrogen (secondary N) is 1. The van der Waals surface area contributed by atoms with Gasteiger partial charge in [-0.1, -0.05) is 41.9 Å². The molecule has 1 aromatic heterocycles. The first kappa shape index (κ1) is 33.3. The summed E-state index contributed by atoms with van der Waals surface area (Å²) in [6.45, 7) is 12.7. The molecule has 0 radical (unpaired) electrons. The molecule has 3 aliphatic rings. The van der Waals surface area contributed by atoms with Crippen molar-refractivity contribution in [2.75, 3.05) is 42.5 Å². The molecule has 12 heteroatoms. The summed E-state index contributed by atoms with van der Waals surface area (Å²) < 4.78 is 30.4. The van der Waals surface area contributed by atoms with E-state index >= 15 is 0 Å². The molecule has 250 valence electrons. The Hall–Kier alpha value is -3.59. The fourth-order valence-corrected chi connectivity index (χ4v) is 9.01. The van der Waals surface area contributed by atoms with Gasteiger partial charge in [0, 0.05) is 56.6 Å². The van der Waals surface area contributed by atoms with Crippen LogP contribution in [-0.2, 0) is 27.6 Å². The molecule has 6 rings (SSSR count). The highest BCUT2D eigenvalue weighted by molar-refractivity contribution is 7.92. The topological polar surface area (TPSA) is 115 Å². The van der Waals surface area contributed by atoms with Gasteiger partial charge in [-0.05, 0) is 77.1 Å². The van der Waals surface area contributed by atoms with Crippen molar-refractivity contribution in [3.05, 3.63) is 70.9 Å². The number of aromatic nitrogens is 2. The lowest BCUT2D eigenvalue weighted by molar-refractivity contribution is -0.122. The molecule has 1 saturated carbocycles. The van der Waals surface area contributed by atoms with E-state index in [0.29, 0.717) is 25.2 Å². The summed E-state index contributed by atoms with van der Waals surface area (Å²) in [5, 5.41) is 16.6. The largest absolute Gasteiger partial charge is 0.369 e. The number of hydrogen-bond donors (Lipinski definition) is 1. The maximum Gasteiger partial charge on any atom is 0.244 e. The van der Waals surface area contributed by atoms with Crippen LogP contribution < -0.4 is 15.1 Å². The van der Waals surface area contributed by atoms with Crippen molar-refractivity contribution in [1.29, 1.82) is 5.26 Å². The van der Waals surface area contributed by atoms with E-state index in [1.54, 1.807) is 12.1 Å². The first-order chi connectivity index (χ1) is 22.3. The number of rotatable bonds is 9. The molecular weight excluding hydrogens is 634 g/mol. The van der Waals surface area contributed by atoms with Crippen LogP contribution >= 0.6 is 11.6 Å². The number of aryl methyl sites for hydroxylation is 3. The zero-order valence-electron chi connectivity index (χ0n) is 27.6. The minimum atomic E-state index is -3.92. The monoisotopic (exact) mass is 677 g/mol. The van der Waals surface area contributed by atoms with E-state index in [9.17, 15) is 18.5 Å². The molecule has 3 fully saturated rings. The van der Waals surface area contributed by atoms with Crippen molar-refractivity contribution < 1.29 is 13.2 Å². The highest BCUT2D eigenvalue weighted by atomic mass is 35.5. The van der Waals surface area contributed by atoms with E-state index in [-0.39, 0.29) is 34.3 Å². The van der Waals surface area contributed by atoms with Gasteiger partial charge in [0.2, 0.25) is 5.91 Å². The van der Waals surface area contributed by atoms with Crippen molar-refractivity contribution in [3.8, 4) is 6.07 Å². The molecule has 2 saturated heterocycles. The summed E-state index contributed by atoms with van der Waals surface area (Å²) in [7, 11) is -3.92. The minimum absolute atomic E-state index is 0.0748. The number of nitriles is 1. The van der Waals surface area contributed by atoms with Crippen LogP contribution in [0, 0.1) is 18.3 Å². The van der Waals surface area contributed by atoms with Crippen LogP contribution in [0.3, 0.4) is 0 Å². The van der Waals surface area contributed by atoms with Crippen molar-refractivity contribution >= 4 is 38.9 Å². The van der Waals surface area contributed by atoms with Crippen LogP contribution in [0.15, 0.2) is 59.5 Å². The number of amides is 1. The van der Waals surface area contributed by atoms with Gasteiger partial charge >= 0.3 is 0 Å². The van der Waals surface area contributed by atoms with E-state index in [0.717, 1.165) is 49.5 Å². The predicted octanol–water partition coefficient (Wildman–Crippen LogP) is 4.60. The maximum absolute atomic E-state index is 14.3. The minimum Gasteiger partial charge on any atom is -0.369 e. The van der Waals surface area contributed by atoms with Crippen LogP contribution in [0.5, 0.6) is 0 Å². The van der Waals surface area contributed by atoms with Gasteiger partial charge in [0.1, 0.15) is 17.4 Å². The summed E-state index contributed by atoms with van der Waals surface area (Å²) >= 11 is 6.75. The van der Waals surface area contributed by atoms with Crippen molar-refractivity contribution in [3.63, 3.8) is 0 Å². The number of carbonyl (C=O) groups excluding carboxylic acids is 1. The van der Waals surface area contributed by atoms with Gasteiger partial charge in [-0.2, -0.15) is 10.4 Å². The van der Waals surface area contributed by atoms with Crippen LogP contribution in [0.1, 0.15) is 51.3 Å². The van der Waals surface area contributed by atoms with Crippen LogP contribution in [0.25, 0.3) is 0 Å². The molecule has 2 aliphatic heterocycles. The Bertz CT molecular complexity index is 1770. The van der Waals surface area contributed by atoms with Crippen molar-refractivity contribution in [2.24, 2.45) is 0 Å². The van der Waals surface area contributed by atoms with Gasteiger partial charge in [0.25, 0.3) is 0 Å². The molecule has 0 spiro atoms. The van der Waals surface area contributed by atoms with Crippen LogP contribution in [0.4, 0.5) is 11.5 Å². The second-order valence-electron chi connectivity index (χ2n) is 14.1. The lowest BCUT2D eigenvalue weighted by Crippen LogP contribution is -2.53. The summed E-state index contributed by atoms with van der Waals surface area (Å²) in [6, 6.07) is 18.6. The average Bonchev–Trinajstić information content (AvgIpc) is 3.49. The Kier molecular flexibility index (Phi) is 9.07. The number of nitrogens with zero attached hydrogens (tertiary/aromatic N) is 6. The summed E-state index contributed by atoms with van der Waals surface area (Å²) in [6.07, 6.45) is 1.98. The summed E-state index contributed by atoms with van der Waals surface area (Å²) in [5.74, 6) is 0.347. The van der Waals surface area contributed by atoms with Gasteiger partial charge in [0.05, 0.1) is 26.9 Å². The average molecular weight is 678 g/mol. The number of halogens is 1. The molecule has 1 N–H and O–H groups in total. The van der Waals surface area contributed by atoms with E-state index in [4.69, 9.17) is 16.7 Å². The fourth-order valence-electron chi connectivity index (χ4n) is 6.77. The van der Waals surface area contributed by atoms with Crippen LogP contribution in [0.2, 0.25) is 5.02 Å². The Labute approximate surface area is 283 Å². The second-order valence-corrected chi connectivity index (χ2v) is 16.7. The van der Waals surface area contributed by atoms with Crippen LogP contribution in [-0.4, -0.2) is 84.1 Å². The van der Waals surface area contributed by atoms with Gasteiger partial charge in [-0.15, -0.1) is 0 Å². The Morgan fingerprint density at radius 1 is 1.09 bits per heavy atom. The lowest BCUT2D eigenvalue weighted by Gasteiger charge is -2.43. The smallest absolute Gasteiger partial charge is 0.244 e. The number of carbonyl (C=O) groups is 1. The quantitative estimate of drug-likeness (QED) is 0.350. The Balaban J connectivity index is 1.25. The zero-order valence-corrected chi connectivity index (χ0v) is 29.2. The lowest BCUT2D eigenvalue weighted by atomic mass is 10.0. The molecular formula is C35H44ClN7O3S. The molecule has 0 unspecified atom stereocenters. The maximum atomic E-state index is 14.3. The molecule has 1 aliphatic carbocycles. The van der Waals surface area contributed by atoms with Gasteiger partial charge in [-0.3, -0.25) is 9.69 Å². The fraction of sp³-hybridized carbons (Fsp3) is 0.514. The van der Waals surface area contributed by atoms with E-state index in [1.165, 1.54) is 0 Å². The van der Waals surface area contributed by atoms with E-state index in [2.05, 4.69) is 54.1 Å². The molecule has 3 heterocycles. The number of hydrogen-bond acceptors (Lipinski definition) is 8. The van der Waals surface area contributed by atoms with Gasteiger partial charge in [0.15, 0.2) is 9.84 Å². The SMILES string of the molecule is Cc1cc(N2C[C@H](S(=O)(=O)c3ccc(N4CCN(C(C)(C)C)CC4)cc3Cl)C[C@H]2C(=O)NC2(C#N)CC2)n(CCc2ccccc2)n1. The third kappa shape index (κ3) is 7.01. The first-order valence-corrected chi connectivity index (χ1v) is 18.3. The van der Waals surface area contributed by atoms with Gasteiger partial charge in [-0.25, -0.2) is 13.1 Å². The molecule has 10 nitrogen and oxygen atoms in total. The number of piperazine rings is 1. The third-order valence-electron chi connectivity index (χ3n) is 9.78. The highest BCUT2D eigenvalue weighted by Crippen LogP contribution is 2.38. The molecule has 2 atom stereocenters. The summed E-state index contributed by atoms with van der Waals surface area (Å²) in [4.78, 5) is 20.4. The Morgan fingerprint density at radius 3 is 2.40 bits per heavy atom. The first-order valence-electron chi connectivity index (χ1n) is 16.4. The third-order valence-corrected chi connectivity index (χ3v) is 12.4. The zero-order chi connectivity index (χ0) is 33.6. The summed E-state index contributed by atoms with van der Waals surface area (Å²) in [5.41, 5.74) is 2.05. The normalized spacial score (nSPS) is 21.4.